The Morgan fingerprint density at radius 1 is 1.00 bits per heavy atom. The second-order valence-corrected chi connectivity index (χ2v) is 9.53. The zero-order valence-electron chi connectivity index (χ0n) is 19.5. The summed E-state index contributed by atoms with van der Waals surface area (Å²) >= 11 is 0. The predicted molar refractivity (Wildman–Crippen MR) is 133 cm³/mol. The van der Waals surface area contributed by atoms with E-state index in [4.69, 9.17) is 4.98 Å². The third-order valence-electron chi connectivity index (χ3n) is 7.16. The van der Waals surface area contributed by atoms with E-state index in [9.17, 15) is 4.79 Å². The lowest BCUT2D eigenvalue weighted by Gasteiger charge is -2.32. The summed E-state index contributed by atoms with van der Waals surface area (Å²) in [5.74, 6) is 0.530. The lowest BCUT2D eigenvalue weighted by Crippen LogP contribution is -2.45. The van der Waals surface area contributed by atoms with Gasteiger partial charge in [0.1, 0.15) is 5.65 Å². The van der Waals surface area contributed by atoms with Crippen molar-refractivity contribution in [1.29, 1.82) is 0 Å². The van der Waals surface area contributed by atoms with Crippen LogP contribution in [0.1, 0.15) is 43.7 Å². The molecule has 7 nitrogen and oxygen atoms in total. The van der Waals surface area contributed by atoms with Crippen molar-refractivity contribution >= 4 is 22.7 Å². The third-order valence-corrected chi connectivity index (χ3v) is 7.16. The van der Waals surface area contributed by atoms with Gasteiger partial charge in [-0.3, -0.25) is 4.79 Å². The van der Waals surface area contributed by atoms with Gasteiger partial charge in [0.2, 0.25) is 5.95 Å². The van der Waals surface area contributed by atoms with Crippen LogP contribution in [0.15, 0.2) is 47.5 Å². The van der Waals surface area contributed by atoms with Gasteiger partial charge in [-0.1, -0.05) is 31.4 Å². The van der Waals surface area contributed by atoms with Crippen LogP contribution >= 0.6 is 0 Å². The van der Waals surface area contributed by atoms with Crippen molar-refractivity contribution in [2.45, 2.75) is 44.6 Å². The summed E-state index contributed by atoms with van der Waals surface area (Å²) < 4.78 is 2.18. The highest BCUT2D eigenvalue weighted by Crippen LogP contribution is 2.29. The molecule has 1 N–H and O–H groups in total. The number of hydrogen-bond acceptors (Lipinski definition) is 6. The zero-order chi connectivity index (χ0) is 22.6. The highest BCUT2D eigenvalue weighted by atomic mass is 16.1. The number of aromatic nitrogens is 3. The summed E-state index contributed by atoms with van der Waals surface area (Å²) in [5, 5.41) is 3.92. The smallest absolute Gasteiger partial charge is 0.229 e. The summed E-state index contributed by atoms with van der Waals surface area (Å²) in [6, 6.07) is 10.6. The highest BCUT2D eigenvalue weighted by molar-refractivity contribution is 5.75. The Kier molecular flexibility index (Phi) is 6.69. The number of nitrogens with zero attached hydrogens (tertiary/aromatic N) is 5. The lowest BCUT2D eigenvalue weighted by atomic mass is 9.95. The zero-order valence-corrected chi connectivity index (χ0v) is 19.5. The number of anilines is 2. The quantitative estimate of drug-likeness (QED) is 0.621. The molecule has 0 spiro atoms. The standard InChI is InChI=1S/C26H34N6O/c1-30-15-17-31(18-16-30)13-11-20-7-9-21(10-8-20)28-26-27-19-23-24(33)12-14-32(25(23)29-26)22-5-3-2-4-6-22/h7-10,12,14,19,22H,2-6,11,13,15-18H2,1H3,(H,27,28,29). The van der Waals surface area contributed by atoms with E-state index in [0.29, 0.717) is 17.4 Å². The van der Waals surface area contributed by atoms with Crippen molar-refractivity contribution in [2.24, 2.45) is 0 Å². The van der Waals surface area contributed by atoms with Gasteiger partial charge in [-0.25, -0.2) is 4.98 Å². The maximum Gasteiger partial charge on any atom is 0.229 e. The number of benzene rings is 1. The summed E-state index contributed by atoms with van der Waals surface area (Å²) in [4.78, 5) is 26.5. The molecule has 0 radical (unpaired) electrons. The number of nitrogens with one attached hydrogen (secondary N) is 1. The average Bonchev–Trinajstić information content (AvgIpc) is 2.85. The third kappa shape index (κ3) is 5.25. The number of hydrogen-bond donors (Lipinski definition) is 1. The molecule has 7 heteroatoms. The normalized spacial score (nSPS) is 18.6. The second-order valence-electron chi connectivity index (χ2n) is 9.53. The Morgan fingerprint density at radius 3 is 2.52 bits per heavy atom. The van der Waals surface area contributed by atoms with Crippen LogP contribution in [-0.4, -0.2) is 64.1 Å². The van der Waals surface area contributed by atoms with Crippen molar-refractivity contribution < 1.29 is 0 Å². The Balaban J connectivity index is 1.28. The molecule has 33 heavy (non-hydrogen) atoms. The first-order valence-electron chi connectivity index (χ1n) is 12.3. The molecule has 3 heterocycles. The van der Waals surface area contributed by atoms with Gasteiger partial charge in [-0.05, 0) is 44.0 Å². The van der Waals surface area contributed by atoms with E-state index >= 15 is 0 Å². The van der Waals surface area contributed by atoms with Gasteiger partial charge < -0.3 is 19.7 Å². The van der Waals surface area contributed by atoms with Crippen LogP contribution in [0.25, 0.3) is 11.0 Å². The van der Waals surface area contributed by atoms with Crippen molar-refractivity contribution in [1.82, 2.24) is 24.3 Å². The van der Waals surface area contributed by atoms with Gasteiger partial charge in [0, 0.05) is 62.9 Å². The minimum atomic E-state index is -0.0201. The fraction of sp³-hybridized carbons (Fsp3) is 0.500. The van der Waals surface area contributed by atoms with E-state index in [0.717, 1.165) is 63.3 Å². The average molecular weight is 447 g/mol. The molecule has 2 fully saturated rings. The Hall–Kier alpha value is -2.77. The maximum absolute atomic E-state index is 12.4. The fourth-order valence-electron chi connectivity index (χ4n) is 5.01. The molecule has 0 unspecified atom stereocenters. The summed E-state index contributed by atoms with van der Waals surface area (Å²) in [6.45, 7) is 5.72. The molecule has 0 bridgehead atoms. The molecule has 0 amide bonds. The number of piperazine rings is 1. The molecule has 5 rings (SSSR count). The van der Waals surface area contributed by atoms with Gasteiger partial charge in [0.05, 0.1) is 5.39 Å². The molecule has 1 aliphatic carbocycles. The highest BCUT2D eigenvalue weighted by Gasteiger charge is 2.18. The summed E-state index contributed by atoms with van der Waals surface area (Å²) in [5.41, 5.74) is 3.01. The maximum atomic E-state index is 12.4. The van der Waals surface area contributed by atoms with Crippen LogP contribution in [0.5, 0.6) is 0 Å². The topological polar surface area (TPSA) is 66.3 Å². The van der Waals surface area contributed by atoms with Crippen LogP contribution in [0.3, 0.4) is 0 Å². The van der Waals surface area contributed by atoms with Gasteiger partial charge in [0.15, 0.2) is 5.43 Å². The summed E-state index contributed by atoms with van der Waals surface area (Å²) in [7, 11) is 2.19. The van der Waals surface area contributed by atoms with Gasteiger partial charge in [-0.2, -0.15) is 4.98 Å². The first-order valence-corrected chi connectivity index (χ1v) is 12.3. The van der Waals surface area contributed by atoms with Crippen molar-refractivity contribution in [3.8, 4) is 0 Å². The van der Waals surface area contributed by atoms with Crippen LogP contribution in [0, 0.1) is 0 Å². The fourth-order valence-corrected chi connectivity index (χ4v) is 5.01. The predicted octanol–water partition coefficient (Wildman–Crippen LogP) is 3.83. The molecular weight excluding hydrogens is 412 g/mol. The van der Waals surface area contributed by atoms with Crippen LogP contribution in [-0.2, 0) is 6.42 Å². The van der Waals surface area contributed by atoms with Crippen molar-refractivity contribution in [2.75, 3.05) is 45.1 Å². The molecule has 1 aliphatic heterocycles. The molecule has 2 aromatic heterocycles. The van der Waals surface area contributed by atoms with Crippen LogP contribution in [0.2, 0.25) is 0 Å². The molecule has 3 aromatic rings. The first-order chi connectivity index (χ1) is 16.2. The van der Waals surface area contributed by atoms with Gasteiger partial charge >= 0.3 is 0 Å². The van der Waals surface area contributed by atoms with Gasteiger partial charge in [0.25, 0.3) is 0 Å². The van der Waals surface area contributed by atoms with E-state index in [-0.39, 0.29) is 5.43 Å². The molecule has 2 aliphatic rings. The monoisotopic (exact) mass is 446 g/mol. The molecule has 1 aromatic carbocycles. The Labute approximate surface area is 195 Å². The molecule has 0 atom stereocenters. The Bertz CT molecular complexity index is 1130. The molecular formula is C26H34N6O. The van der Waals surface area contributed by atoms with E-state index in [1.807, 2.05) is 6.20 Å². The number of rotatable bonds is 6. The van der Waals surface area contributed by atoms with E-state index in [1.54, 1.807) is 12.3 Å². The largest absolute Gasteiger partial charge is 0.329 e. The SMILES string of the molecule is CN1CCN(CCc2ccc(Nc3ncc4c(=O)ccn(C5CCCCC5)c4n3)cc2)CC1. The van der Waals surface area contributed by atoms with Gasteiger partial charge in [-0.15, -0.1) is 0 Å². The van der Waals surface area contributed by atoms with Crippen molar-refractivity contribution in [3.63, 3.8) is 0 Å². The minimum absolute atomic E-state index is 0.0201. The molecule has 174 valence electrons. The molecule has 1 saturated heterocycles. The van der Waals surface area contributed by atoms with E-state index < -0.39 is 0 Å². The Morgan fingerprint density at radius 2 is 1.76 bits per heavy atom. The van der Waals surface area contributed by atoms with Crippen molar-refractivity contribution in [3.05, 3.63) is 58.5 Å². The molecule has 1 saturated carbocycles. The lowest BCUT2D eigenvalue weighted by molar-refractivity contribution is 0.155. The van der Waals surface area contributed by atoms with E-state index in [1.165, 1.54) is 24.8 Å². The van der Waals surface area contributed by atoms with Crippen LogP contribution in [0.4, 0.5) is 11.6 Å². The van der Waals surface area contributed by atoms with Crippen LogP contribution < -0.4 is 10.7 Å². The number of pyridine rings is 1. The minimum Gasteiger partial charge on any atom is -0.329 e. The van der Waals surface area contributed by atoms with E-state index in [2.05, 4.69) is 56.0 Å². The second kappa shape index (κ2) is 10.0. The number of fused-ring (bicyclic) bond motifs is 1. The first kappa shape index (κ1) is 22.0. The number of likely N-dealkylation sites (N-methyl/N-ethyl adjacent to an activating group) is 1. The summed E-state index contributed by atoms with van der Waals surface area (Å²) in [6.07, 6.45) is 10.7.